The van der Waals surface area contributed by atoms with E-state index in [1.807, 2.05) is 48.5 Å². The van der Waals surface area contributed by atoms with Crippen molar-refractivity contribution in [2.45, 2.75) is 0 Å². The molecule has 1 N–H and O–H groups in total. The Bertz CT molecular complexity index is 615. The first-order chi connectivity index (χ1) is 8.83. The maximum absolute atomic E-state index is 4.54. The first kappa shape index (κ1) is 11.0. The maximum atomic E-state index is 4.54. The average Bonchev–Trinajstić information content (AvgIpc) is 2.82. The first-order valence-electron chi connectivity index (χ1n) is 5.74. The van der Waals surface area contributed by atoms with Gasteiger partial charge in [0.25, 0.3) is 0 Å². The number of aromatic nitrogens is 1. The molecule has 0 aliphatic carbocycles. The highest BCUT2D eigenvalue weighted by molar-refractivity contribution is 7.22. The van der Waals surface area contributed by atoms with Crippen LogP contribution >= 0.6 is 11.3 Å². The van der Waals surface area contributed by atoms with E-state index in [1.165, 1.54) is 4.70 Å². The van der Waals surface area contributed by atoms with Crippen LogP contribution in [0, 0.1) is 0 Å². The third-order valence-corrected chi connectivity index (χ3v) is 3.64. The fourth-order valence-electron chi connectivity index (χ4n) is 1.78. The molecule has 0 radical (unpaired) electrons. The molecular formula is C14H13N3S. The van der Waals surface area contributed by atoms with E-state index in [-0.39, 0.29) is 0 Å². The van der Waals surface area contributed by atoms with Crippen LogP contribution in [-0.2, 0) is 0 Å². The molecule has 0 fully saturated rings. The molecule has 0 spiro atoms. The number of benzene rings is 2. The number of thiazole rings is 1. The molecule has 1 aromatic heterocycles. The Balaban J connectivity index is 1.84. The fraction of sp³-hybridized carbons (Fsp3) is 0.0714. The lowest BCUT2D eigenvalue weighted by molar-refractivity contribution is 1.09. The van der Waals surface area contributed by atoms with E-state index in [1.54, 1.807) is 11.3 Å². The summed E-state index contributed by atoms with van der Waals surface area (Å²) in [7, 11) is 1.99. The summed E-state index contributed by atoms with van der Waals surface area (Å²) in [6.07, 6.45) is 0. The van der Waals surface area contributed by atoms with Crippen molar-refractivity contribution >= 4 is 32.4 Å². The van der Waals surface area contributed by atoms with Crippen LogP contribution in [0.15, 0.2) is 54.6 Å². The molecule has 0 aliphatic rings. The molecule has 0 unspecified atom stereocenters. The highest BCUT2D eigenvalue weighted by atomic mass is 32.1. The van der Waals surface area contributed by atoms with E-state index >= 15 is 0 Å². The van der Waals surface area contributed by atoms with Crippen LogP contribution < -0.4 is 10.4 Å². The number of fused-ring (bicyclic) bond motifs is 1. The molecule has 1 heterocycles. The number of anilines is 2. The van der Waals surface area contributed by atoms with E-state index in [0.717, 1.165) is 16.3 Å². The maximum Gasteiger partial charge on any atom is 0.202 e. The number of hydrazine groups is 1. The van der Waals surface area contributed by atoms with Gasteiger partial charge in [-0.1, -0.05) is 41.7 Å². The second-order valence-electron chi connectivity index (χ2n) is 3.99. The molecule has 0 saturated carbocycles. The van der Waals surface area contributed by atoms with Crippen LogP contribution in [0.1, 0.15) is 0 Å². The molecule has 3 aromatic rings. The lowest BCUT2D eigenvalue weighted by atomic mass is 10.3. The highest BCUT2D eigenvalue weighted by Crippen LogP contribution is 2.26. The number of hydrogen-bond donors (Lipinski definition) is 1. The lowest BCUT2D eigenvalue weighted by Gasteiger charge is -2.19. The predicted octanol–water partition coefficient (Wildman–Crippen LogP) is 3.76. The smallest absolute Gasteiger partial charge is 0.202 e. The Kier molecular flexibility index (Phi) is 2.86. The SMILES string of the molecule is CN(Nc1nc2ccccc2s1)c1ccccc1. The molecular weight excluding hydrogens is 242 g/mol. The van der Waals surface area contributed by atoms with Gasteiger partial charge in [-0.05, 0) is 24.3 Å². The van der Waals surface area contributed by atoms with Gasteiger partial charge in [0.15, 0.2) is 0 Å². The molecule has 0 bridgehead atoms. The summed E-state index contributed by atoms with van der Waals surface area (Å²) in [5.74, 6) is 0. The highest BCUT2D eigenvalue weighted by Gasteiger charge is 2.05. The van der Waals surface area contributed by atoms with Crippen molar-refractivity contribution in [2.75, 3.05) is 17.5 Å². The molecule has 18 heavy (non-hydrogen) atoms. The molecule has 90 valence electrons. The van der Waals surface area contributed by atoms with Gasteiger partial charge < -0.3 is 0 Å². The Morgan fingerprint density at radius 1 is 1.00 bits per heavy atom. The van der Waals surface area contributed by atoms with Crippen LogP contribution in [0.5, 0.6) is 0 Å². The van der Waals surface area contributed by atoms with Crippen LogP contribution in [0.25, 0.3) is 10.2 Å². The van der Waals surface area contributed by atoms with Crippen LogP contribution in [0.2, 0.25) is 0 Å². The van der Waals surface area contributed by atoms with E-state index in [4.69, 9.17) is 0 Å². The lowest BCUT2D eigenvalue weighted by Crippen LogP contribution is -2.24. The summed E-state index contributed by atoms with van der Waals surface area (Å²) in [6.45, 7) is 0. The van der Waals surface area contributed by atoms with Crippen molar-refractivity contribution in [1.29, 1.82) is 0 Å². The van der Waals surface area contributed by atoms with Crippen LogP contribution in [-0.4, -0.2) is 12.0 Å². The summed E-state index contributed by atoms with van der Waals surface area (Å²) < 4.78 is 1.20. The minimum Gasteiger partial charge on any atom is -0.289 e. The zero-order valence-corrected chi connectivity index (χ0v) is 10.8. The Morgan fingerprint density at radius 3 is 2.50 bits per heavy atom. The Labute approximate surface area is 110 Å². The summed E-state index contributed by atoms with van der Waals surface area (Å²) in [5.41, 5.74) is 5.43. The van der Waals surface area contributed by atoms with Crippen molar-refractivity contribution < 1.29 is 0 Å². The monoisotopic (exact) mass is 255 g/mol. The van der Waals surface area contributed by atoms with E-state index in [2.05, 4.69) is 28.6 Å². The summed E-state index contributed by atoms with van der Waals surface area (Å²) in [4.78, 5) is 4.54. The number of rotatable bonds is 3. The van der Waals surface area contributed by atoms with Gasteiger partial charge in [0, 0.05) is 7.05 Å². The topological polar surface area (TPSA) is 28.2 Å². The quantitative estimate of drug-likeness (QED) is 0.722. The zero-order valence-electron chi connectivity index (χ0n) is 10.00. The number of para-hydroxylation sites is 2. The van der Waals surface area contributed by atoms with Crippen LogP contribution in [0.3, 0.4) is 0 Å². The Morgan fingerprint density at radius 2 is 1.72 bits per heavy atom. The van der Waals surface area contributed by atoms with Crippen molar-refractivity contribution in [1.82, 2.24) is 4.98 Å². The van der Waals surface area contributed by atoms with Crippen molar-refractivity contribution in [3.63, 3.8) is 0 Å². The van der Waals surface area contributed by atoms with Crippen molar-refractivity contribution in [2.24, 2.45) is 0 Å². The fourth-order valence-corrected chi connectivity index (χ4v) is 2.68. The van der Waals surface area contributed by atoms with Gasteiger partial charge in [-0.15, -0.1) is 0 Å². The molecule has 0 amide bonds. The second kappa shape index (κ2) is 4.66. The normalized spacial score (nSPS) is 10.5. The first-order valence-corrected chi connectivity index (χ1v) is 6.55. The van der Waals surface area contributed by atoms with Crippen molar-refractivity contribution in [3.05, 3.63) is 54.6 Å². The van der Waals surface area contributed by atoms with Crippen molar-refractivity contribution in [3.8, 4) is 0 Å². The van der Waals surface area contributed by atoms with E-state index in [0.29, 0.717) is 0 Å². The molecule has 0 saturated heterocycles. The number of nitrogens with zero attached hydrogens (tertiary/aromatic N) is 2. The Hall–Kier alpha value is -2.07. The predicted molar refractivity (Wildman–Crippen MR) is 78.1 cm³/mol. The van der Waals surface area contributed by atoms with Gasteiger partial charge in [-0.2, -0.15) is 0 Å². The molecule has 0 atom stereocenters. The second-order valence-corrected chi connectivity index (χ2v) is 5.02. The van der Waals surface area contributed by atoms with Gasteiger partial charge >= 0.3 is 0 Å². The molecule has 3 nitrogen and oxygen atoms in total. The third-order valence-electron chi connectivity index (χ3n) is 2.70. The van der Waals surface area contributed by atoms with E-state index in [9.17, 15) is 0 Å². The zero-order chi connectivity index (χ0) is 12.4. The van der Waals surface area contributed by atoms with Gasteiger partial charge in [0.2, 0.25) is 5.13 Å². The minimum atomic E-state index is 0.905. The summed E-state index contributed by atoms with van der Waals surface area (Å²) in [6, 6.07) is 18.3. The molecule has 4 heteroatoms. The summed E-state index contributed by atoms with van der Waals surface area (Å²) in [5, 5.41) is 2.88. The third kappa shape index (κ3) is 2.15. The largest absolute Gasteiger partial charge is 0.289 e. The van der Waals surface area contributed by atoms with Gasteiger partial charge in [0.1, 0.15) is 0 Å². The molecule has 2 aromatic carbocycles. The number of hydrogen-bond acceptors (Lipinski definition) is 4. The molecule has 0 aliphatic heterocycles. The van der Waals surface area contributed by atoms with Crippen LogP contribution in [0.4, 0.5) is 10.8 Å². The van der Waals surface area contributed by atoms with Gasteiger partial charge in [-0.3, -0.25) is 10.4 Å². The number of nitrogens with one attached hydrogen (secondary N) is 1. The summed E-state index contributed by atoms with van der Waals surface area (Å²) >= 11 is 1.66. The molecule has 3 rings (SSSR count). The minimum absolute atomic E-state index is 0.905. The van der Waals surface area contributed by atoms with E-state index < -0.39 is 0 Å². The van der Waals surface area contributed by atoms with Gasteiger partial charge in [0.05, 0.1) is 15.9 Å². The van der Waals surface area contributed by atoms with Gasteiger partial charge in [-0.25, -0.2) is 4.98 Å². The average molecular weight is 255 g/mol. The standard InChI is InChI=1S/C14H13N3S/c1-17(11-7-3-2-4-8-11)16-14-15-12-9-5-6-10-13(12)18-14/h2-10H,1H3,(H,15,16).